The number of hydrogen-bond donors (Lipinski definition) is 0. The van der Waals surface area contributed by atoms with Gasteiger partial charge in [0.15, 0.2) is 6.10 Å². The number of esters is 3. The Kier molecular flexibility index (Phi) is 50.8. The molecule has 0 saturated heterocycles. The molecule has 0 radical (unpaired) electrons. The summed E-state index contributed by atoms with van der Waals surface area (Å²) in [5, 5.41) is 0. The van der Waals surface area contributed by atoms with E-state index in [1.807, 2.05) is 0 Å². The van der Waals surface area contributed by atoms with E-state index in [1.54, 1.807) is 0 Å². The van der Waals surface area contributed by atoms with E-state index in [9.17, 15) is 14.4 Å². The number of rotatable bonds is 50. The van der Waals surface area contributed by atoms with Crippen LogP contribution >= 0.6 is 0 Å². The normalized spacial score (nSPS) is 12.4. The van der Waals surface area contributed by atoms with Crippen molar-refractivity contribution in [2.75, 3.05) is 13.2 Å². The minimum absolute atomic E-state index is 0.0755. The van der Waals surface area contributed by atoms with Crippen LogP contribution in [0.3, 0.4) is 0 Å². The molecule has 0 heterocycles. The fourth-order valence-corrected chi connectivity index (χ4v) is 7.86. The molecule has 372 valence electrons. The Hall–Kier alpha value is -2.63. The van der Waals surface area contributed by atoms with Gasteiger partial charge < -0.3 is 14.2 Å². The first-order chi connectivity index (χ1) is 31.5. The molecule has 0 aromatic carbocycles. The topological polar surface area (TPSA) is 78.9 Å². The number of hydrogen-bond acceptors (Lipinski definition) is 6. The van der Waals surface area contributed by atoms with E-state index < -0.39 is 6.10 Å². The fraction of sp³-hybridized carbons (Fsp3) is 0.810. The minimum atomic E-state index is -0.773. The quantitative estimate of drug-likeness (QED) is 0.0262. The molecule has 6 nitrogen and oxygen atoms in total. The Balaban J connectivity index is 4.18. The van der Waals surface area contributed by atoms with Gasteiger partial charge in [-0.1, -0.05) is 236 Å². The van der Waals surface area contributed by atoms with Crippen LogP contribution in [0.2, 0.25) is 0 Å². The molecular weight excluding hydrogens is 793 g/mol. The lowest BCUT2D eigenvalue weighted by molar-refractivity contribution is -0.167. The van der Waals surface area contributed by atoms with Gasteiger partial charge >= 0.3 is 17.9 Å². The summed E-state index contributed by atoms with van der Waals surface area (Å²) in [6.07, 6.45) is 64.0. The van der Waals surface area contributed by atoms with Gasteiger partial charge in [0.05, 0.1) is 0 Å². The number of carbonyl (C=O) groups is 3. The molecule has 64 heavy (non-hydrogen) atoms. The summed E-state index contributed by atoms with van der Waals surface area (Å²) >= 11 is 0. The fourth-order valence-electron chi connectivity index (χ4n) is 7.86. The van der Waals surface area contributed by atoms with Gasteiger partial charge in [-0.25, -0.2) is 0 Å². The molecule has 0 rings (SSSR count). The first-order valence-electron chi connectivity index (χ1n) is 27.6. The van der Waals surface area contributed by atoms with Crippen molar-refractivity contribution in [3.63, 3.8) is 0 Å². The van der Waals surface area contributed by atoms with E-state index in [4.69, 9.17) is 14.2 Å². The molecule has 0 aromatic heterocycles. The zero-order chi connectivity index (χ0) is 46.5. The molecule has 0 saturated carbocycles. The molecule has 0 N–H and O–H groups in total. The van der Waals surface area contributed by atoms with Crippen molar-refractivity contribution in [3.05, 3.63) is 48.6 Å². The number of allylic oxidation sites excluding steroid dienone is 8. The van der Waals surface area contributed by atoms with Crippen molar-refractivity contribution in [2.45, 2.75) is 290 Å². The standard InChI is InChI=1S/C58H104O6/c1-4-7-10-13-16-19-22-23-24-25-26-27-28-29-30-31-32-33-34-35-37-39-42-45-48-51-57(60)63-54-55(53-62-56(59)50-47-44-41-38-21-18-15-12-9-6-3)64-58(61)52-49-46-43-40-36-20-17-14-11-8-5-2/h12,15,22-23,25-26,28-29,55H,4-11,13-14,16-21,24,27,30-54H2,1-3H3/b15-12-,23-22-,26-25-,29-28-. The molecular formula is C58H104O6. The average Bonchev–Trinajstić information content (AvgIpc) is 3.29. The van der Waals surface area contributed by atoms with Crippen molar-refractivity contribution < 1.29 is 28.6 Å². The van der Waals surface area contributed by atoms with Crippen molar-refractivity contribution >= 4 is 17.9 Å². The van der Waals surface area contributed by atoms with Crippen LogP contribution < -0.4 is 0 Å². The van der Waals surface area contributed by atoms with Crippen molar-refractivity contribution in [2.24, 2.45) is 0 Å². The first kappa shape index (κ1) is 61.4. The Bertz CT molecular complexity index is 1120. The van der Waals surface area contributed by atoms with E-state index in [2.05, 4.69) is 69.4 Å². The maximum atomic E-state index is 12.8. The lowest BCUT2D eigenvalue weighted by atomic mass is 10.0. The Morgan fingerprint density at radius 2 is 0.594 bits per heavy atom. The Morgan fingerprint density at radius 1 is 0.312 bits per heavy atom. The van der Waals surface area contributed by atoms with Crippen LogP contribution in [-0.2, 0) is 28.6 Å². The third-order valence-electron chi connectivity index (χ3n) is 12.0. The second-order valence-corrected chi connectivity index (χ2v) is 18.5. The van der Waals surface area contributed by atoms with E-state index in [-0.39, 0.29) is 31.1 Å². The Labute approximate surface area is 397 Å². The highest BCUT2D eigenvalue weighted by Gasteiger charge is 2.19. The lowest BCUT2D eigenvalue weighted by Crippen LogP contribution is -2.30. The summed E-state index contributed by atoms with van der Waals surface area (Å²) in [6.45, 7) is 6.56. The summed E-state index contributed by atoms with van der Waals surface area (Å²) < 4.78 is 16.8. The molecule has 0 aliphatic carbocycles. The predicted octanol–water partition coefficient (Wildman–Crippen LogP) is 18.3. The SMILES string of the molecule is CCC/C=C\CCCCCCCC(=O)OCC(COC(=O)CCCCCCCCCCCC/C=C\C/C=C\C/C=C\CCCCCCC)OC(=O)CCCCCCCCCCCCC. The molecule has 0 amide bonds. The number of carbonyl (C=O) groups excluding carboxylic acids is 3. The van der Waals surface area contributed by atoms with Crippen LogP contribution in [-0.4, -0.2) is 37.2 Å². The first-order valence-corrected chi connectivity index (χ1v) is 27.6. The summed E-state index contributed by atoms with van der Waals surface area (Å²) in [7, 11) is 0. The van der Waals surface area contributed by atoms with Crippen molar-refractivity contribution in [3.8, 4) is 0 Å². The molecule has 0 spiro atoms. The maximum absolute atomic E-state index is 12.8. The van der Waals surface area contributed by atoms with Crippen LogP contribution in [0.25, 0.3) is 0 Å². The van der Waals surface area contributed by atoms with Gasteiger partial charge in [0.1, 0.15) is 13.2 Å². The number of ether oxygens (including phenoxy) is 3. The molecule has 0 fully saturated rings. The molecule has 0 aliphatic heterocycles. The van der Waals surface area contributed by atoms with Crippen LogP contribution in [0.5, 0.6) is 0 Å². The maximum Gasteiger partial charge on any atom is 0.306 e. The van der Waals surface area contributed by atoms with Gasteiger partial charge in [-0.3, -0.25) is 14.4 Å². The smallest absolute Gasteiger partial charge is 0.306 e. The second kappa shape index (κ2) is 53.0. The van der Waals surface area contributed by atoms with E-state index in [1.165, 1.54) is 161 Å². The van der Waals surface area contributed by atoms with Gasteiger partial charge in [-0.05, 0) is 77.0 Å². The van der Waals surface area contributed by atoms with Crippen LogP contribution in [0.4, 0.5) is 0 Å². The van der Waals surface area contributed by atoms with E-state index >= 15 is 0 Å². The van der Waals surface area contributed by atoms with Gasteiger partial charge in [-0.2, -0.15) is 0 Å². The monoisotopic (exact) mass is 897 g/mol. The summed E-state index contributed by atoms with van der Waals surface area (Å²) in [6, 6.07) is 0. The molecule has 0 aromatic rings. The highest BCUT2D eigenvalue weighted by atomic mass is 16.6. The molecule has 1 unspecified atom stereocenters. The highest BCUT2D eigenvalue weighted by Crippen LogP contribution is 2.15. The van der Waals surface area contributed by atoms with E-state index in [0.717, 1.165) is 83.5 Å². The molecule has 0 aliphatic rings. The summed E-state index contributed by atoms with van der Waals surface area (Å²) in [5.74, 6) is -0.882. The minimum Gasteiger partial charge on any atom is -0.462 e. The zero-order valence-corrected chi connectivity index (χ0v) is 42.6. The molecule has 6 heteroatoms. The summed E-state index contributed by atoms with van der Waals surface area (Å²) in [5.41, 5.74) is 0. The van der Waals surface area contributed by atoms with Crippen molar-refractivity contribution in [1.29, 1.82) is 0 Å². The molecule has 1 atom stereocenters. The van der Waals surface area contributed by atoms with Gasteiger partial charge in [-0.15, -0.1) is 0 Å². The average molecular weight is 897 g/mol. The van der Waals surface area contributed by atoms with Gasteiger partial charge in [0, 0.05) is 19.3 Å². The third kappa shape index (κ3) is 50.4. The van der Waals surface area contributed by atoms with Crippen LogP contribution in [0, 0.1) is 0 Å². The van der Waals surface area contributed by atoms with Crippen LogP contribution in [0.15, 0.2) is 48.6 Å². The molecule has 0 bridgehead atoms. The van der Waals surface area contributed by atoms with Gasteiger partial charge in [0.2, 0.25) is 0 Å². The van der Waals surface area contributed by atoms with Gasteiger partial charge in [0.25, 0.3) is 0 Å². The highest BCUT2D eigenvalue weighted by molar-refractivity contribution is 5.71. The van der Waals surface area contributed by atoms with Crippen molar-refractivity contribution in [1.82, 2.24) is 0 Å². The van der Waals surface area contributed by atoms with E-state index in [0.29, 0.717) is 19.3 Å². The number of unbranched alkanes of at least 4 members (excludes halogenated alkanes) is 31. The Morgan fingerprint density at radius 3 is 0.953 bits per heavy atom. The third-order valence-corrected chi connectivity index (χ3v) is 12.0. The van der Waals surface area contributed by atoms with Crippen LogP contribution in [0.1, 0.15) is 284 Å². The zero-order valence-electron chi connectivity index (χ0n) is 42.6. The summed E-state index contributed by atoms with van der Waals surface area (Å²) in [4.78, 5) is 37.9. The largest absolute Gasteiger partial charge is 0.462 e. The predicted molar refractivity (Wildman–Crippen MR) is 275 cm³/mol. The lowest BCUT2D eigenvalue weighted by Gasteiger charge is -2.18. The second-order valence-electron chi connectivity index (χ2n) is 18.5.